The minimum Gasteiger partial charge on any atom is -0.444 e. The van der Waals surface area contributed by atoms with Crippen LogP contribution in [0.3, 0.4) is 0 Å². The van der Waals surface area contributed by atoms with Gasteiger partial charge in [0, 0.05) is 58.5 Å². The number of ether oxygens (including phenoxy) is 1. The van der Waals surface area contributed by atoms with Gasteiger partial charge in [0.25, 0.3) is 5.91 Å². The molecule has 3 fully saturated rings. The normalized spacial score (nSPS) is 20.0. The van der Waals surface area contributed by atoms with Gasteiger partial charge >= 0.3 is 6.09 Å². The molecule has 2 saturated carbocycles. The van der Waals surface area contributed by atoms with Crippen molar-refractivity contribution in [3.05, 3.63) is 52.8 Å². The van der Waals surface area contributed by atoms with Gasteiger partial charge in [-0.1, -0.05) is 25.3 Å². The second kappa shape index (κ2) is 12.2. The van der Waals surface area contributed by atoms with Crippen LogP contribution in [-0.2, 0) is 10.3 Å². The summed E-state index contributed by atoms with van der Waals surface area (Å²) in [4.78, 5) is 41.6. The third-order valence-corrected chi connectivity index (χ3v) is 10.6. The molecule has 11 nitrogen and oxygen atoms in total. The largest absolute Gasteiger partial charge is 0.444 e. The summed E-state index contributed by atoms with van der Waals surface area (Å²) in [6, 6.07) is 11.9. The molecule has 3 aliphatic rings. The van der Waals surface area contributed by atoms with Crippen molar-refractivity contribution < 1.29 is 19.4 Å². The quantitative estimate of drug-likeness (QED) is 0.203. The fraction of sp³-hybridized carbons (Fsp3) is 0.514. The molecule has 0 bridgehead atoms. The summed E-state index contributed by atoms with van der Waals surface area (Å²) in [5.41, 5.74) is 1.37. The number of hydrogen-bond acceptors (Lipinski definition) is 9. The minimum atomic E-state index is -0.752. The summed E-state index contributed by atoms with van der Waals surface area (Å²) in [6.45, 7) is 8.50. The number of hydrogen-bond donors (Lipinski definition) is 3. The zero-order chi connectivity index (χ0) is 32.9. The molecule has 12 heteroatoms. The maximum absolute atomic E-state index is 13.9. The summed E-state index contributed by atoms with van der Waals surface area (Å²) in [7, 11) is 0. The van der Waals surface area contributed by atoms with Crippen LogP contribution in [-0.4, -0.2) is 78.3 Å². The first kappa shape index (κ1) is 31.6. The number of piperazine rings is 1. The molecule has 7 rings (SSSR count). The third-order valence-electron chi connectivity index (χ3n) is 9.32. The number of nitrogens with zero attached hydrogens (tertiary/aromatic N) is 5. The van der Waals surface area contributed by atoms with Gasteiger partial charge in [-0.2, -0.15) is 5.10 Å². The number of aromatic nitrogens is 4. The Morgan fingerprint density at radius 3 is 2.57 bits per heavy atom. The number of rotatable bonds is 6. The molecular formula is C35H43N7O4S. The van der Waals surface area contributed by atoms with Crippen molar-refractivity contribution in [2.24, 2.45) is 0 Å². The van der Waals surface area contributed by atoms with E-state index in [-0.39, 0.29) is 23.9 Å². The number of H-pyrrole nitrogens is 1. The Balaban J connectivity index is 1.18. The Labute approximate surface area is 278 Å². The molecule has 1 aromatic carbocycles. The second-order valence-electron chi connectivity index (χ2n) is 14.3. The fourth-order valence-electron chi connectivity index (χ4n) is 6.60. The first-order valence-electron chi connectivity index (χ1n) is 16.7. The molecule has 4 aromatic rings. The molecule has 3 N–H and O–H groups in total. The lowest BCUT2D eigenvalue weighted by atomic mass is 9.84. The highest BCUT2D eigenvalue weighted by Crippen LogP contribution is 2.43. The highest BCUT2D eigenvalue weighted by Gasteiger charge is 2.35. The molecule has 0 spiro atoms. The predicted octanol–water partition coefficient (Wildman–Crippen LogP) is 6.94. The maximum Gasteiger partial charge on any atom is 0.410 e. The van der Waals surface area contributed by atoms with E-state index >= 15 is 0 Å². The van der Waals surface area contributed by atoms with Crippen molar-refractivity contribution >= 4 is 45.9 Å². The SMILES string of the molecule is C[C@@H]1CN(C(=O)c2nc(Nc3cc(C4CC4)[nH]n3)c3cc(-c4ccc(C5(O)CCCCC5)s4)ccc3n2)CCN1C(=O)OC(C)(C)C. The Bertz CT molecular complexity index is 1800. The molecule has 0 unspecified atom stereocenters. The number of benzene rings is 1. The maximum atomic E-state index is 13.9. The van der Waals surface area contributed by atoms with Crippen molar-refractivity contribution in [1.82, 2.24) is 30.0 Å². The number of anilines is 2. The van der Waals surface area contributed by atoms with Crippen LogP contribution in [0.15, 0.2) is 36.4 Å². The van der Waals surface area contributed by atoms with Gasteiger partial charge in [-0.3, -0.25) is 9.89 Å². The van der Waals surface area contributed by atoms with Gasteiger partial charge in [-0.05, 0) is 83.2 Å². The Morgan fingerprint density at radius 1 is 1.06 bits per heavy atom. The molecule has 1 saturated heterocycles. The van der Waals surface area contributed by atoms with Gasteiger partial charge in [0.15, 0.2) is 5.82 Å². The van der Waals surface area contributed by atoms with Gasteiger partial charge in [0.05, 0.1) is 11.1 Å². The zero-order valence-electron chi connectivity index (χ0n) is 27.5. The van der Waals surface area contributed by atoms with E-state index in [9.17, 15) is 14.7 Å². The number of carbonyl (C=O) groups excluding carboxylic acids is 2. The lowest BCUT2D eigenvalue weighted by Gasteiger charge is -2.39. The molecule has 0 radical (unpaired) electrons. The van der Waals surface area contributed by atoms with Crippen LogP contribution in [0.1, 0.15) is 99.7 Å². The lowest BCUT2D eigenvalue weighted by Crippen LogP contribution is -2.56. The molecule has 4 heterocycles. The van der Waals surface area contributed by atoms with Crippen molar-refractivity contribution in [3.8, 4) is 10.4 Å². The van der Waals surface area contributed by atoms with E-state index in [1.807, 2.05) is 52.0 Å². The molecule has 1 atom stereocenters. The number of carbonyl (C=O) groups is 2. The van der Waals surface area contributed by atoms with E-state index in [4.69, 9.17) is 14.7 Å². The average molecular weight is 658 g/mol. The zero-order valence-corrected chi connectivity index (χ0v) is 28.3. The van der Waals surface area contributed by atoms with Gasteiger partial charge in [0.2, 0.25) is 5.82 Å². The van der Waals surface area contributed by atoms with Crippen molar-refractivity contribution in [1.29, 1.82) is 0 Å². The van der Waals surface area contributed by atoms with E-state index in [0.29, 0.717) is 42.7 Å². The minimum absolute atomic E-state index is 0.0848. The van der Waals surface area contributed by atoms with Crippen LogP contribution < -0.4 is 5.32 Å². The van der Waals surface area contributed by atoms with Crippen molar-refractivity contribution in [3.63, 3.8) is 0 Å². The summed E-state index contributed by atoms with van der Waals surface area (Å²) >= 11 is 1.63. The number of aliphatic hydroxyl groups is 1. The van der Waals surface area contributed by atoms with E-state index in [2.05, 4.69) is 27.6 Å². The van der Waals surface area contributed by atoms with Gasteiger partial charge in [0.1, 0.15) is 11.4 Å². The van der Waals surface area contributed by atoms with Crippen LogP contribution >= 0.6 is 11.3 Å². The molecule has 248 valence electrons. The van der Waals surface area contributed by atoms with Gasteiger partial charge in [-0.15, -0.1) is 11.3 Å². The lowest BCUT2D eigenvalue weighted by molar-refractivity contribution is 0.00166. The summed E-state index contributed by atoms with van der Waals surface area (Å²) < 4.78 is 5.58. The number of amides is 2. The standard InChI is InChI=1S/C35H43N7O4S/c1-21-20-41(16-17-42(21)33(44)46-34(2,3)4)32(43)31-36-25-11-10-23(27-12-13-28(47-27)35(45)14-6-5-7-15-35)18-24(25)30(38-31)37-29-19-26(39-40-29)22-8-9-22/h10-13,18-19,21-22,45H,5-9,14-17,20H2,1-4H3,(H2,36,37,38,39,40)/t21-/m1/s1. The highest BCUT2D eigenvalue weighted by atomic mass is 32.1. The first-order chi connectivity index (χ1) is 22.5. The Kier molecular flexibility index (Phi) is 8.20. The monoisotopic (exact) mass is 657 g/mol. The van der Waals surface area contributed by atoms with Crippen LogP contribution in [0.2, 0.25) is 0 Å². The van der Waals surface area contributed by atoms with Gasteiger partial charge in [-0.25, -0.2) is 14.8 Å². The van der Waals surface area contributed by atoms with Crippen LogP contribution in [0.4, 0.5) is 16.4 Å². The number of nitrogens with one attached hydrogen (secondary N) is 2. The van der Waals surface area contributed by atoms with E-state index < -0.39 is 11.2 Å². The molecule has 3 aromatic heterocycles. The molecule has 2 amide bonds. The molecular weight excluding hydrogens is 614 g/mol. The summed E-state index contributed by atoms with van der Waals surface area (Å²) in [5.74, 6) is 1.43. The first-order valence-corrected chi connectivity index (χ1v) is 17.5. The highest BCUT2D eigenvalue weighted by molar-refractivity contribution is 7.15. The smallest absolute Gasteiger partial charge is 0.410 e. The number of fused-ring (bicyclic) bond motifs is 1. The number of aromatic amines is 1. The van der Waals surface area contributed by atoms with Crippen molar-refractivity contribution in [2.45, 2.75) is 95.8 Å². The average Bonchev–Trinajstić information content (AvgIpc) is 3.56. The topological polar surface area (TPSA) is 137 Å². The molecule has 1 aliphatic heterocycles. The van der Waals surface area contributed by atoms with E-state index in [1.165, 1.54) is 6.42 Å². The fourth-order valence-corrected chi connectivity index (χ4v) is 7.75. The summed E-state index contributed by atoms with van der Waals surface area (Å²) in [5, 5.41) is 23.1. The molecule has 47 heavy (non-hydrogen) atoms. The predicted molar refractivity (Wildman–Crippen MR) is 182 cm³/mol. The number of thiophene rings is 1. The van der Waals surface area contributed by atoms with Crippen LogP contribution in [0, 0.1) is 0 Å². The van der Waals surface area contributed by atoms with Crippen LogP contribution in [0.25, 0.3) is 21.3 Å². The van der Waals surface area contributed by atoms with E-state index in [0.717, 1.165) is 64.9 Å². The third kappa shape index (κ3) is 6.71. The van der Waals surface area contributed by atoms with Gasteiger partial charge < -0.3 is 25.0 Å². The van der Waals surface area contributed by atoms with E-state index in [1.54, 1.807) is 21.1 Å². The second-order valence-corrected chi connectivity index (χ2v) is 15.3. The summed E-state index contributed by atoms with van der Waals surface area (Å²) in [6.07, 6.45) is 6.77. The Hall–Kier alpha value is -4.03. The van der Waals surface area contributed by atoms with Crippen molar-refractivity contribution in [2.75, 3.05) is 25.0 Å². The van der Waals surface area contributed by atoms with Crippen LogP contribution in [0.5, 0.6) is 0 Å². The Morgan fingerprint density at radius 2 is 1.85 bits per heavy atom. The molecule has 2 aliphatic carbocycles.